The number of nitro benzene ring substituents is 1. The van der Waals surface area contributed by atoms with Crippen LogP contribution in [0.25, 0.3) is 11.4 Å². The molecule has 0 saturated carbocycles. The van der Waals surface area contributed by atoms with Gasteiger partial charge in [0.15, 0.2) is 5.82 Å². The van der Waals surface area contributed by atoms with Crippen molar-refractivity contribution >= 4 is 17.4 Å². The molecule has 1 aromatic carbocycles. The fourth-order valence-corrected chi connectivity index (χ4v) is 1.54. The smallest absolute Gasteiger partial charge is 0.280 e. The van der Waals surface area contributed by atoms with Crippen LogP contribution in [0.5, 0.6) is 0 Å². The second kappa shape index (κ2) is 4.69. The predicted octanol–water partition coefficient (Wildman–Crippen LogP) is 0.733. The number of hydrogen-bond acceptors (Lipinski definition) is 6. The summed E-state index contributed by atoms with van der Waals surface area (Å²) in [5, 5.41) is 10.9. The Kier molecular flexibility index (Phi) is 3.06. The van der Waals surface area contributed by atoms with E-state index in [1.165, 1.54) is 18.2 Å². The van der Waals surface area contributed by atoms with Gasteiger partial charge in [-0.05, 0) is 6.07 Å². The van der Waals surface area contributed by atoms with Crippen LogP contribution in [0.4, 0.5) is 11.5 Å². The molecule has 1 amide bonds. The quantitative estimate of drug-likeness (QED) is 0.615. The molecule has 2 aromatic rings. The highest BCUT2D eigenvalue weighted by molar-refractivity contribution is 5.97. The van der Waals surface area contributed by atoms with E-state index < -0.39 is 10.8 Å². The number of nitrogens with two attached hydrogens (primary N) is 2. The first-order valence-electron chi connectivity index (χ1n) is 5.17. The number of primary amides is 1. The summed E-state index contributed by atoms with van der Waals surface area (Å²) in [4.78, 5) is 29.1. The summed E-state index contributed by atoms with van der Waals surface area (Å²) in [6, 6.07) is 5.97. The molecule has 0 bridgehead atoms. The maximum atomic E-state index is 11.0. The molecule has 0 radical (unpaired) electrons. The molecule has 8 nitrogen and oxygen atoms in total. The van der Waals surface area contributed by atoms with Crippen LogP contribution >= 0.6 is 0 Å². The minimum atomic E-state index is -0.758. The molecule has 0 aliphatic carbocycles. The van der Waals surface area contributed by atoms with E-state index in [-0.39, 0.29) is 28.5 Å². The molecule has 96 valence electrons. The molecule has 0 unspecified atom stereocenters. The third kappa shape index (κ3) is 2.32. The zero-order chi connectivity index (χ0) is 14.0. The number of carbonyl (C=O) groups excluding carboxylic acids is 1. The summed E-state index contributed by atoms with van der Waals surface area (Å²) in [6.45, 7) is 0. The highest BCUT2D eigenvalue weighted by atomic mass is 16.6. The molecule has 4 N–H and O–H groups in total. The van der Waals surface area contributed by atoms with E-state index in [2.05, 4.69) is 9.97 Å². The molecule has 1 heterocycles. The number of hydrogen-bond donors (Lipinski definition) is 2. The first-order valence-corrected chi connectivity index (χ1v) is 5.17. The fourth-order valence-electron chi connectivity index (χ4n) is 1.54. The van der Waals surface area contributed by atoms with Gasteiger partial charge in [0.25, 0.3) is 11.6 Å². The first-order chi connectivity index (χ1) is 9.00. The Morgan fingerprint density at radius 1 is 1.32 bits per heavy atom. The molecule has 0 aliphatic heterocycles. The molecule has 0 saturated heterocycles. The number of benzene rings is 1. The summed E-state index contributed by atoms with van der Waals surface area (Å²) in [7, 11) is 0. The van der Waals surface area contributed by atoms with Crippen molar-refractivity contribution in [1.82, 2.24) is 9.97 Å². The van der Waals surface area contributed by atoms with E-state index in [0.29, 0.717) is 0 Å². The van der Waals surface area contributed by atoms with Crippen LogP contribution in [-0.2, 0) is 0 Å². The van der Waals surface area contributed by atoms with Gasteiger partial charge in [-0.1, -0.05) is 12.1 Å². The second-order valence-electron chi connectivity index (χ2n) is 3.63. The third-order valence-corrected chi connectivity index (χ3v) is 2.43. The summed E-state index contributed by atoms with van der Waals surface area (Å²) < 4.78 is 0. The topological polar surface area (TPSA) is 138 Å². The van der Waals surface area contributed by atoms with Gasteiger partial charge in [-0.2, -0.15) is 0 Å². The van der Waals surface area contributed by atoms with E-state index in [9.17, 15) is 14.9 Å². The minimum Gasteiger partial charge on any atom is -0.383 e. The van der Waals surface area contributed by atoms with Crippen molar-refractivity contribution in [3.05, 3.63) is 46.1 Å². The van der Waals surface area contributed by atoms with Gasteiger partial charge in [0.1, 0.15) is 5.82 Å². The zero-order valence-electron chi connectivity index (χ0n) is 9.61. The van der Waals surface area contributed by atoms with E-state index in [1.54, 1.807) is 6.07 Å². The summed E-state index contributed by atoms with van der Waals surface area (Å²) in [5.41, 5.74) is 10.7. The average Bonchev–Trinajstić information content (AvgIpc) is 2.38. The first kappa shape index (κ1) is 12.4. The van der Waals surface area contributed by atoms with Gasteiger partial charge in [0.2, 0.25) is 0 Å². The van der Waals surface area contributed by atoms with Gasteiger partial charge in [-0.3, -0.25) is 14.9 Å². The number of rotatable bonds is 3. The fraction of sp³-hybridized carbons (Fsp3) is 0. The van der Waals surface area contributed by atoms with Gasteiger partial charge < -0.3 is 11.5 Å². The molecular weight excluding hydrogens is 250 g/mol. The lowest BCUT2D eigenvalue weighted by Gasteiger charge is -2.04. The summed E-state index contributed by atoms with van der Waals surface area (Å²) in [6.07, 6.45) is 1.15. The number of nitrogen functional groups attached to an aromatic ring is 1. The maximum absolute atomic E-state index is 11.0. The monoisotopic (exact) mass is 259 g/mol. The van der Waals surface area contributed by atoms with Gasteiger partial charge in [0.05, 0.1) is 16.1 Å². The molecule has 0 atom stereocenters. The van der Waals surface area contributed by atoms with E-state index in [4.69, 9.17) is 11.5 Å². The number of nitro groups is 1. The van der Waals surface area contributed by atoms with E-state index >= 15 is 0 Å². The second-order valence-corrected chi connectivity index (χ2v) is 3.63. The van der Waals surface area contributed by atoms with Crippen molar-refractivity contribution < 1.29 is 9.72 Å². The van der Waals surface area contributed by atoms with Crippen LogP contribution in [-0.4, -0.2) is 20.8 Å². The standard InChI is InChI=1S/C11H9N5O3/c12-9-7(10(13)17)5-14-11(15-9)6-3-1-2-4-8(6)16(18)19/h1-5H,(H2,13,17)(H2,12,14,15). The minimum absolute atomic E-state index is 0.0256. The Bertz CT molecular complexity index is 671. The summed E-state index contributed by atoms with van der Waals surface area (Å²) in [5.74, 6) is -0.808. The number of aromatic nitrogens is 2. The lowest BCUT2D eigenvalue weighted by atomic mass is 10.1. The highest BCUT2D eigenvalue weighted by Crippen LogP contribution is 2.27. The molecule has 8 heteroatoms. The van der Waals surface area contributed by atoms with Gasteiger partial charge in [0, 0.05) is 12.3 Å². The Hall–Kier alpha value is -3.03. The van der Waals surface area contributed by atoms with Gasteiger partial charge in [-0.15, -0.1) is 0 Å². The third-order valence-electron chi connectivity index (χ3n) is 2.43. The van der Waals surface area contributed by atoms with E-state index in [0.717, 1.165) is 6.20 Å². The maximum Gasteiger partial charge on any atom is 0.280 e. The zero-order valence-corrected chi connectivity index (χ0v) is 9.61. The van der Waals surface area contributed by atoms with Gasteiger partial charge >= 0.3 is 0 Å². The number of anilines is 1. The molecule has 0 aliphatic rings. The number of carbonyl (C=O) groups is 1. The van der Waals surface area contributed by atoms with Gasteiger partial charge in [-0.25, -0.2) is 9.97 Å². The van der Waals surface area contributed by atoms with Crippen molar-refractivity contribution in [2.45, 2.75) is 0 Å². The SMILES string of the molecule is NC(=O)c1cnc(-c2ccccc2[N+](=O)[O-])nc1N. The van der Waals surface area contributed by atoms with Crippen LogP contribution in [0, 0.1) is 10.1 Å². The van der Waals surface area contributed by atoms with Crippen LogP contribution in [0.3, 0.4) is 0 Å². The average molecular weight is 259 g/mol. The molecule has 0 spiro atoms. The largest absolute Gasteiger partial charge is 0.383 e. The lowest BCUT2D eigenvalue weighted by Crippen LogP contribution is -2.15. The molecule has 1 aromatic heterocycles. The molecular formula is C11H9N5O3. The van der Waals surface area contributed by atoms with Crippen molar-refractivity contribution in [2.75, 3.05) is 5.73 Å². The van der Waals surface area contributed by atoms with Crippen LogP contribution in [0.15, 0.2) is 30.5 Å². The number of nitrogens with zero attached hydrogens (tertiary/aromatic N) is 3. The number of amides is 1. The van der Waals surface area contributed by atoms with Crippen LogP contribution < -0.4 is 11.5 Å². The summed E-state index contributed by atoms with van der Waals surface area (Å²) >= 11 is 0. The molecule has 0 fully saturated rings. The van der Waals surface area contributed by atoms with Crippen molar-refractivity contribution in [3.8, 4) is 11.4 Å². The molecule has 19 heavy (non-hydrogen) atoms. The Morgan fingerprint density at radius 3 is 2.58 bits per heavy atom. The van der Waals surface area contributed by atoms with Crippen molar-refractivity contribution in [1.29, 1.82) is 0 Å². The Labute approximate surface area is 107 Å². The van der Waals surface area contributed by atoms with Crippen molar-refractivity contribution in [2.24, 2.45) is 5.73 Å². The predicted molar refractivity (Wildman–Crippen MR) is 67.1 cm³/mol. The van der Waals surface area contributed by atoms with E-state index in [1.807, 2.05) is 0 Å². The van der Waals surface area contributed by atoms with Crippen molar-refractivity contribution in [3.63, 3.8) is 0 Å². The Balaban J connectivity index is 2.57. The molecule has 2 rings (SSSR count). The van der Waals surface area contributed by atoms with Crippen LogP contribution in [0.2, 0.25) is 0 Å². The lowest BCUT2D eigenvalue weighted by molar-refractivity contribution is -0.384. The number of para-hydroxylation sites is 1. The van der Waals surface area contributed by atoms with Crippen LogP contribution in [0.1, 0.15) is 10.4 Å². The normalized spacial score (nSPS) is 10.1. The Morgan fingerprint density at radius 2 is 2.00 bits per heavy atom. The highest BCUT2D eigenvalue weighted by Gasteiger charge is 2.18.